The molecule has 2 rings (SSSR count). The Morgan fingerprint density at radius 2 is 2.06 bits per heavy atom. The Bertz CT molecular complexity index is 371. The number of aryl methyl sites for hydroxylation is 2. The molecule has 2 heteroatoms. The zero-order chi connectivity index (χ0) is 12.8. The minimum absolute atomic E-state index is 0.337. The van der Waals surface area contributed by atoms with Crippen molar-refractivity contribution in [3.8, 4) is 0 Å². The lowest BCUT2D eigenvalue weighted by Crippen LogP contribution is -2.21. The molecule has 0 saturated heterocycles. The maximum Gasteiger partial charge on any atom is 0.00109 e. The van der Waals surface area contributed by atoms with E-state index in [1.54, 1.807) is 11.1 Å². The molecule has 2 nitrogen and oxygen atoms in total. The number of rotatable bonds is 7. The molecule has 1 unspecified atom stereocenters. The molecule has 1 atom stereocenters. The maximum absolute atomic E-state index is 5.72. The topological polar surface area (TPSA) is 38.0 Å². The summed E-state index contributed by atoms with van der Waals surface area (Å²) >= 11 is 0. The molecule has 1 aliphatic rings. The fourth-order valence-electron chi connectivity index (χ4n) is 2.69. The first-order valence-electron chi connectivity index (χ1n) is 7.32. The van der Waals surface area contributed by atoms with Gasteiger partial charge < -0.3 is 11.1 Å². The molecule has 0 aromatic heterocycles. The Morgan fingerprint density at radius 3 is 2.89 bits per heavy atom. The molecule has 0 saturated carbocycles. The van der Waals surface area contributed by atoms with Crippen LogP contribution in [0.1, 0.15) is 42.9 Å². The summed E-state index contributed by atoms with van der Waals surface area (Å²) in [4.78, 5) is 0. The summed E-state index contributed by atoms with van der Waals surface area (Å²) in [6.45, 7) is 4.24. The van der Waals surface area contributed by atoms with Gasteiger partial charge in [-0.2, -0.15) is 0 Å². The van der Waals surface area contributed by atoms with Crippen molar-refractivity contribution in [2.24, 2.45) is 5.73 Å². The number of nitrogens with two attached hydrogens (primary N) is 1. The van der Waals surface area contributed by atoms with Crippen molar-refractivity contribution in [2.75, 3.05) is 13.1 Å². The summed E-state index contributed by atoms with van der Waals surface area (Å²) < 4.78 is 0. The molecule has 3 N–H and O–H groups in total. The first-order valence-corrected chi connectivity index (χ1v) is 7.32. The van der Waals surface area contributed by atoms with Crippen LogP contribution in [0, 0.1) is 0 Å². The van der Waals surface area contributed by atoms with Crippen molar-refractivity contribution in [3.63, 3.8) is 0 Å². The molecule has 0 aliphatic heterocycles. The first kappa shape index (κ1) is 13.6. The molecule has 0 heterocycles. The minimum Gasteiger partial charge on any atom is -0.328 e. The van der Waals surface area contributed by atoms with Crippen LogP contribution in [0.5, 0.6) is 0 Å². The average Bonchev–Trinajstić information content (AvgIpc) is 2.80. The second-order valence-corrected chi connectivity index (χ2v) is 5.58. The monoisotopic (exact) mass is 246 g/mol. The SMILES string of the molecule is CC(N)CCCNCCc1ccc2c(c1)CCC2. The van der Waals surface area contributed by atoms with Gasteiger partial charge in [0.05, 0.1) is 0 Å². The normalized spacial score (nSPS) is 15.7. The van der Waals surface area contributed by atoms with E-state index in [4.69, 9.17) is 5.73 Å². The molecule has 1 aromatic carbocycles. The van der Waals surface area contributed by atoms with Gasteiger partial charge in [0, 0.05) is 6.04 Å². The van der Waals surface area contributed by atoms with Crippen molar-refractivity contribution in [1.29, 1.82) is 0 Å². The Kier molecular flexibility index (Phi) is 5.21. The van der Waals surface area contributed by atoms with E-state index in [2.05, 4.69) is 30.4 Å². The van der Waals surface area contributed by atoms with Gasteiger partial charge in [0.1, 0.15) is 0 Å². The van der Waals surface area contributed by atoms with Crippen molar-refractivity contribution >= 4 is 0 Å². The Morgan fingerprint density at radius 1 is 1.22 bits per heavy atom. The van der Waals surface area contributed by atoms with Gasteiger partial charge in [-0.25, -0.2) is 0 Å². The predicted molar refractivity (Wildman–Crippen MR) is 77.9 cm³/mol. The van der Waals surface area contributed by atoms with Crippen LogP contribution in [0.15, 0.2) is 18.2 Å². The molecular weight excluding hydrogens is 220 g/mol. The van der Waals surface area contributed by atoms with Gasteiger partial charge in [0.2, 0.25) is 0 Å². The van der Waals surface area contributed by atoms with Crippen LogP contribution in [-0.2, 0) is 19.3 Å². The van der Waals surface area contributed by atoms with Crippen LogP contribution in [0.25, 0.3) is 0 Å². The zero-order valence-electron chi connectivity index (χ0n) is 11.5. The standard InChI is InChI=1S/C16H26N2/c1-13(17)4-3-10-18-11-9-14-7-8-15-5-2-6-16(15)12-14/h7-8,12-13,18H,2-6,9-11,17H2,1H3. The van der Waals surface area contributed by atoms with E-state index in [1.807, 2.05) is 0 Å². The van der Waals surface area contributed by atoms with Crippen LogP contribution in [0.3, 0.4) is 0 Å². The lowest BCUT2D eigenvalue weighted by Gasteiger charge is -2.08. The van der Waals surface area contributed by atoms with E-state index in [9.17, 15) is 0 Å². The number of benzene rings is 1. The highest BCUT2D eigenvalue weighted by molar-refractivity contribution is 5.35. The van der Waals surface area contributed by atoms with Gasteiger partial charge in [-0.1, -0.05) is 18.2 Å². The number of hydrogen-bond acceptors (Lipinski definition) is 2. The highest BCUT2D eigenvalue weighted by Crippen LogP contribution is 2.22. The summed E-state index contributed by atoms with van der Waals surface area (Å²) in [5.41, 5.74) is 10.4. The van der Waals surface area contributed by atoms with Crippen molar-refractivity contribution < 1.29 is 0 Å². The summed E-state index contributed by atoms with van der Waals surface area (Å²) in [7, 11) is 0. The number of nitrogens with one attached hydrogen (secondary N) is 1. The van der Waals surface area contributed by atoms with Crippen LogP contribution in [0.4, 0.5) is 0 Å². The van der Waals surface area contributed by atoms with E-state index in [1.165, 1.54) is 31.2 Å². The summed E-state index contributed by atoms with van der Waals surface area (Å²) in [5, 5.41) is 3.50. The molecule has 100 valence electrons. The maximum atomic E-state index is 5.72. The second-order valence-electron chi connectivity index (χ2n) is 5.58. The lowest BCUT2D eigenvalue weighted by molar-refractivity contribution is 0.575. The summed E-state index contributed by atoms with van der Waals surface area (Å²) in [6, 6.07) is 7.37. The Hall–Kier alpha value is -0.860. The van der Waals surface area contributed by atoms with Crippen molar-refractivity contribution in [3.05, 3.63) is 34.9 Å². The number of hydrogen-bond donors (Lipinski definition) is 2. The van der Waals surface area contributed by atoms with Gasteiger partial charge in [0.25, 0.3) is 0 Å². The van der Waals surface area contributed by atoms with E-state index in [-0.39, 0.29) is 0 Å². The van der Waals surface area contributed by atoms with Gasteiger partial charge in [0.15, 0.2) is 0 Å². The van der Waals surface area contributed by atoms with Crippen LogP contribution in [-0.4, -0.2) is 19.1 Å². The minimum atomic E-state index is 0.337. The third-order valence-electron chi connectivity index (χ3n) is 3.77. The molecule has 18 heavy (non-hydrogen) atoms. The molecular formula is C16H26N2. The van der Waals surface area contributed by atoms with Crippen LogP contribution in [0.2, 0.25) is 0 Å². The molecule has 0 fully saturated rings. The molecule has 1 aliphatic carbocycles. The third-order valence-corrected chi connectivity index (χ3v) is 3.77. The molecule has 1 aromatic rings. The largest absolute Gasteiger partial charge is 0.328 e. The quantitative estimate of drug-likeness (QED) is 0.725. The van der Waals surface area contributed by atoms with Gasteiger partial charge in [-0.3, -0.25) is 0 Å². The van der Waals surface area contributed by atoms with Crippen LogP contribution < -0.4 is 11.1 Å². The second kappa shape index (κ2) is 6.91. The van der Waals surface area contributed by atoms with E-state index >= 15 is 0 Å². The highest BCUT2D eigenvalue weighted by atomic mass is 14.8. The molecule has 0 amide bonds. The number of fused-ring (bicyclic) bond motifs is 1. The van der Waals surface area contributed by atoms with E-state index in [0.29, 0.717) is 6.04 Å². The smallest absolute Gasteiger partial charge is 0.00109 e. The van der Waals surface area contributed by atoms with Crippen molar-refractivity contribution in [1.82, 2.24) is 5.32 Å². The average molecular weight is 246 g/mol. The van der Waals surface area contributed by atoms with Gasteiger partial charge in [-0.15, -0.1) is 0 Å². The van der Waals surface area contributed by atoms with Crippen LogP contribution >= 0.6 is 0 Å². The van der Waals surface area contributed by atoms with Gasteiger partial charge >= 0.3 is 0 Å². The van der Waals surface area contributed by atoms with Gasteiger partial charge in [-0.05, 0) is 75.2 Å². The molecule has 0 spiro atoms. The Balaban J connectivity index is 1.65. The fourth-order valence-corrected chi connectivity index (χ4v) is 2.69. The fraction of sp³-hybridized carbons (Fsp3) is 0.625. The lowest BCUT2D eigenvalue weighted by atomic mass is 10.0. The van der Waals surface area contributed by atoms with E-state index in [0.717, 1.165) is 25.9 Å². The Labute approximate surface area is 111 Å². The summed E-state index contributed by atoms with van der Waals surface area (Å²) in [6.07, 6.45) is 7.35. The first-order chi connectivity index (χ1) is 8.75. The third kappa shape index (κ3) is 4.11. The van der Waals surface area contributed by atoms with Crippen molar-refractivity contribution in [2.45, 2.75) is 51.5 Å². The molecule has 0 radical (unpaired) electrons. The zero-order valence-corrected chi connectivity index (χ0v) is 11.5. The molecule has 0 bridgehead atoms. The highest BCUT2D eigenvalue weighted by Gasteiger charge is 2.10. The summed E-state index contributed by atoms with van der Waals surface area (Å²) in [5.74, 6) is 0. The predicted octanol–water partition coefficient (Wildman–Crippen LogP) is 2.43. The van der Waals surface area contributed by atoms with E-state index < -0.39 is 0 Å².